The number of allylic oxidation sites excluding steroid dienone is 1. The van der Waals surface area contributed by atoms with Crippen LogP contribution in [0.25, 0.3) is 0 Å². The molecule has 122 valence electrons. The predicted molar refractivity (Wildman–Crippen MR) is 87.0 cm³/mol. The molecule has 0 saturated carbocycles. The monoisotopic (exact) mass is 362 g/mol. The van der Waals surface area contributed by atoms with Gasteiger partial charge < -0.3 is 5.32 Å². The smallest absolute Gasteiger partial charge is 0.247 e. The lowest BCUT2D eigenvalue weighted by molar-refractivity contribution is 0.476. The molecule has 2 atom stereocenters. The van der Waals surface area contributed by atoms with Crippen LogP contribution in [0, 0.1) is 0 Å². The van der Waals surface area contributed by atoms with Crippen molar-refractivity contribution in [1.82, 2.24) is 5.32 Å². The summed E-state index contributed by atoms with van der Waals surface area (Å²) in [6.45, 7) is 7.71. The Bertz CT molecular complexity index is 793. The van der Waals surface area contributed by atoms with Crippen molar-refractivity contribution in [2.24, 2.45) is 5.14 Å². The summed E-state index contributed by atoms with van der Waals surface area (Å²) in [5.41, 5.74) is 0.469. The van der Waals surface area contributed by atoms with E-state index in [9.17, 15) is 16.8 Å². The van der Waals surface area contributed by atoms with E-state index in [4.69, 9.17) is 5.14 Å². The number of primary sulfonamides is 1. The first-order valence-electron chi connectivity index (χ1n) is 6.57. The van der Waals surface area contributed by atoms with Crippen molar-refractivity contribution in [2.45, 2.75) is 32.6 Å². The fourth-order valence-electron chi connectivity index (χ4n) is 2.47. The van der Waals surface area contributed by atoms with Gasteiger partial charge in [-0.05, 0) is 18.9 Å². The summed E-state index contributed by atoms with van der Waals surface area (Å²) in [5.74, 6) is 0. The number of fused-ring (bicyclic) bond motifs is 1. The van der Waals surface area contributed by atoms with Gasteiger partial charge in [0.1, 0.15) is 8.42 Å². The molecule has 0 aromatic carbocycles. The van der Waals surface area contributed by atoms with E-state index in [1.165, 1.54) is 6.07 Å². The fraction of sp³-hybridized carbons (Fsp3) is 0.385. The fourth-order valence-corrected chi connectivity index (χ4v) is 7.13. The van der Waals surface area contributed by atoms with Crippen LogP contribution in [0.15, 0.2) is 39.8 Å². The second-order valence-corrected chi connectivity index (χ2v) is 10.3. The standard InChI is InChI=1S/C13H18N2O4S3/c1-3-5-9-7-11(15-6-4-2)10-8-12(22(14,18)19)20-13(10)21(9,16)17/h3-4,8-9,11,15H,1-2,5-7H2,(H2,14,18,19)/t9-,11-/m0/s1. The minimum absolute atomic E-state index is 0.0798. The number of nitrogens with two attached hydrogens (primary N) is 1. The number of sulfonamides is 1. The van der Waals surface area contributed by atoms with Gasteiger partial charge in [-0.1, -0.05) is 12.2 Å². The summed E-state index contributed by atoms with van der Waals surface area (Å²) in [4.78, 5) is 0. The van der Waals surface area contributed by atoms with Crippen LogP contribution < -0.4 is 10.5 Å². The Morgan fingerprint density at radius 2 is 2.09 bits per heavy atom. The number of nitrogens with one attached hydrogen (secondary N) is 1. The average Bonchev–Trinajstić information content (AvgIpc) is 2.87. The molecule has 0 unspecified atom stereocenters. The molecular formula is C13H18N2O4S3. The van der Waals surface area contributed by atoms with E-state index in [0.717, 1.165) is 0 Å². The maximum absolute atomic E-state index is 12.6. The lowest BCUT2D eigenvalue weighted by Crippen LogP contribution is -2.34. The van der Waals surface area contributed by atoms with Gasteiger partial charge in [-0.25, -0.2) is 22.0 Å². The summed E-state index contributed by atoms with van der Waals surface area (Å²) in [6.07, 6.45) is 3.90. The summed E-state index contributed by atoms with van der Waals surface area (Å²) < 4.78 is 48.3. The molecule has 0 radical (unpaired) electrons. The Hall–Kier alpha value is -1.00. The van der Waals surface area contributed by atoms with Crippen LogP contribution in [0.3, 0.4) is 0 Å². The molecule has 9 heteroatoms. The lowest BCUT2D eigenvalue weighted by Gasteiger charge is -2.29. The molecule has 0 spiro atoms. The third-order valence-electron chi connectivity index (χ3n) is 3.49. The molecular weight excluding hydrogens is 344 g/mol. The Morgan fingerprint density at radius 1 is 1.41 bits per heavy atom. The van der Waals surface area contributed by atoms with E-state index in [0.29, 0.717) is 36.3 Å². The third kappa shape index (κ3) is 3.18. The van der Waals surface area contributed by atoms with Gasteiger partial charge >= 0.3 is 0 Å². The van der Waals surface area contributed by atoms with Crippen molar-refractivity contribution in [1.29, 1.82) is 0 Å². The highest BCUT2D eigenvalue weighted by Crippen LogP contribution is 2.43. The summed E-state index contributed by atoms with van der Waals surface area (Å²) in [7, 11) is -7.52. The molecule has 2 heterocycles. The number of rotatable bonds is 6. The highest BCUT2D eigenvalue weighted by molar-refractivity contribution is 7.95. The highest BCUT2D eigenvalue weighted by atomic mass is 32.3. The summed E-state index contributed by atoms with van der Waals surface area (Å²) in [6, 6.07) is 1.10. The Morgan fingerprint density at radius 3 is 2.64 bits per heavy atom. The van der Waals surface area contributed by atoms with Crippen molar-refractivity contribution < 1.29 is 16.8 Å². The molecule has 0 saturated heterocycles. The number of thiophene rings is 1. The van der Waals surface area contributed by atoms with Crippen molar-refractivity contribution >= 4 is 31.2 Å². The zero-order chi connectivity index (χ0) is 16.5. The molecule has 0 bridgehead atoms. The van der Waals surface area contributed by atoms with Gasteiger partial charge in [0.15, 0.2) is 9.84 Å². The average molecular weight is 362 g/mol. The van der Waals surface area contributed by atoms with Crippen molar-refractivity contribution in [3.8, 4) is 0 Å². The van der Waals surface area contributed by atoms with Crippen molar-refractivity contribution in [3.63, 3.8) is 0 Å². The van der Waals surface area contributed by atoms with Crippen LogP contribution in [0.5, 0.6) is 0 Å². The lowest BCUT2D eigenvalue weighted by atomic mass is 10.0. The SMILES string of the molecule is C=CCN[C@H]1C[C@H](CC=C)S(=O)(=O)c2sc(S(N)(=O)=O)cc21. The van der Waals surface area contributed by atoms with Gasteiger partial charge in [0.05, 0.1) is 5.25 Å². The topological polar surface area (TPSA) is 106 Å². The van der Waals surface area contributed by atoms with E-state index in [-0.39, 0.29) is 14.5 Å². The second-order valence-electron chi connectivity index (χ2n) is 5.03. The highest BCUT2D eigenvalue weighted by Gasteiger charge is 2.40. The molecule has 0 amide bonds. The summed E-state index contributed by atoms with van der Waals surface area (Å²) >= 11 is 0.715. The molecule has 3 N–H and O–H groups in total. The normalized spacial score (nSPS) is 23.7. The quantitative estimate of drug-likeness (QED) is 0.743. The Balaban J connectivity index is 2.58. The van der Waals surface area contributed by atoms with Crippen LogP contribution in [0.4, 0.5) is 0 Å². The maximum Gasteiger partial charge on any atom is 0.247 e. The number of hydrogen-bond donors (Lipinski definition) is 2. The Kier molecular flexibility index (Phi) is 4.93. The van der Waals surface area contributed by atoms with Gasteiger partial charge in [0.25, 0.3) is 0 Å². The first-order chi connectivity index (χ1) is 10.2. The molecule has 22 heavy (non-hydrogen) atoms. The molecule has 1 aliphatic heterocycles. The van der Waals surface area contributed by atoms with Crippen molar-refractivity contribution in [2.75, 3.05) is 6.54 Å². The summed E-state index contributed by atoms with van der Waals surface area (Å²) in [5, 5.41) is 7.69. The molecule has 0 aliphatic carbocycles. The largest absolute Gasteiger partial charge is 0.306 e. The predicted octanol–water partition coefficient (Wildman–Crippen LogP) is 1.33. The maximum atomic E-state index is 12.6. The van der Waals surface area contributed by atoms with Crippen LogP contribution in [-0.4, -0.2) is 28.6 Å². The first kappa shape index (κ1) is 17.4. The van der Waals surface area contributed by atoms with E-state index >= 15 is 0 Å². The van der Waals surface area contributed by atoms with E-state index in [1.54, 1.807) is 12.2 Å². The zero-order valence-electron chi connectivity index (χ0n) is 11.9. The zero-order valence-corrected chi connectivity index (χ0v) is 14.3. The molecule has 2 rings (SSSR count). The molecule has 1 aliphatic rings. The van der Waals surface area contributed by atoms with Gasteiger partial charge in [0.2, 0.25) is 10.0 Å². The minimum Gasteiger partial charge on any atom is -0.306 e. The number of hydrogen-bond acceptors (Lipinski definition) is 6. The van der Waals surface area contributed by atoms with Gasteiger partial charge in [-0.3, -0.25) is 0 Å². The van der Waals surface area contributed by atoms with E-state index in [1.807, 2.05) is 0 Å². The minimum atomic E-state index is -3.93. The molecule has 6 nitrogen and oxygen atoms in total. The van der Waals surface area contributed by atoms with E-state index < -0.39 is 25.1 Å². The van der Waals surface area contributed by atoms with Gasteiger partial charge in [0, 0.05) is 18.2 Å². The third-order valence-corrected chi connectivity index (χ3v) is 8.82. The first-order valence-corrected chi connectivity index (χ1v) is 10.5. The van der Waals surface area contributed by atoms with Crippen LogP contribution >= 0.6 is 11.3 Å². The van der Waals surface area contributed by atoms with Gasteiger partial charge in [-0.15, -0.1) is 24.5 Å². The van der Waals surface area contributed by atoms with Crippen LogP contribution in [-0.2, 0) is 19.9 Å². The van der Waals surface area contributed by atoms with Gasteiger partial charge in [-0.2, -0.15) is 0 Å². The Labute approximate surface area is 134 Å². The van der Waals surface area contributed by atoms with Crippen LogP contribution in [0.1, 0.15) is 24.4 Å². The number of sulfone groups is 1. The van der Waals surface area contributed by atoms with Crippen molar-refractivity contribution in [3.05, 3.63) is 36.9 Å². The second kappa shape index (κ2) is 6.25. The van der Waals surface area contributed by atoms with Crippen LogP contribution in [0.2, 0.25) is 0 Å². The molecule has 1 aromatic heterocycles. The molecule has 1 aromatic rings. The molecule has 0 fully saturated rings. The van der Waals surface area contributed by atoms with E-state index in [2.05, 4.69) is 18.5 Å².